The van der Waals surface area contributed by atoms with Gasteiger partial charge in [-0.15, -0.1) is 0 Å². The van der Waals surface area contributed by atoms with Crippen molar-refractivity contribution in [1.29, 1.82) is 0 Å². The molecular formula is C21H24N2O2. The molecule has 0 fully saturated rings. The molecule has 0 aliphatic carbocycles. The summed E-state index contributed by atoms with van der Waals surface area (Å²) < 4.78 is 0. The van der Waals surface area contributed by atoms with Gasteiger partial charge in [0, 0.05) is 24.4 Å². The molecule has 0 unspecified atom stereocenters. The summed E-state index contributed by atoms with van der Waals surface area (Å²) in [6.07, 6.45) is 3.25. The Hall–Kier alpha value is -2.88. The van der Waals surface area contributed by atoms with Gasteiger partial charge in [0.15, 0.2) is 0 Å². The van der Waals surface area contributed by atoms with E-state index in [1.54, 1.807) is 18.2 Å². The summed E-state index contributed by atoms with van der Waals surface area (Å²) in [6, 6.07) is 15.1. The van der Waals surface area contributed by atoms with Gasteiger partial charge in [0.1, 0.15) is 0 Å². The Bertz CT molecular complexity index is 784. The molecule has 0 atom stereocenters. The summed E-state index contributed by atoms with van der Waals surface area (Å²) in [6.45, 7) is 7.81. The predicted octanol–water partition coefficient (Wildman–Crippen LogP) is 4.59. The number of benzene rings is 2. The van der Waals surface area contributed by atoms with Crippen LogP contribution in [0, 0.1) is 0 Å². The molecule has 4 nitrogen and oxygen atoms in total. The number of nitrogens with one attached hydrogen (secondary N) is 2. The Balaban J connectivity index is 2.05. The number of carbonyl (C=O) groups is 2. The number of amides is 2. The molecule has 0 saturated heterocycles. The third kappa shape index (κ3) is 5.60. The molecule has 0 heterocycles. The third-order valence-electron chi connectivity index (χ3n) is 3.65. The minimum Gasteiger partial charge on any atom is -0.326 e. The van der Waals surface area contributed by atoms with Crippen LogP contribution >= 0.6 is 0 Å². The largest absolute Gasteiger partial charge is 0.326 e. The van der Waals surface area contributed by atoms with E-state index in [2.05, 4.69) is 31.4 Å². The lowest BCUT2D eigenvalue weighted by molar-refractivity contribution is -0.114. The lowest BCUT2D eigenvalue weighted by Crippen LogP contribution is -2.17. The number of hydrogen-bond donors (Lipinski definition) is 2. The van der Waals surface area contributed by atoms with Crippen molar-refractivity contribution >= 4 is 29.3 Å². The maximum absolute atomic E-state index is 12.2. The lowest BCUT2D eigenvalue weighted by atomic mass is 9.86. The van der Waals surface area contributed by atoms with Gasteiger partial charge in [0.05, 0.1) is 0 Å². The van der Waals surface area contributed by atoms with Crippen molar-refractivity contribution in [1.82, 2.24) is 0 Å². The summed E-state index contributed by atoms with van der Waals surface area (Å²) in [7, 11) is 0. The Morgan fingerprint density at radius 1 is 0.920 bits per heavy atom. The molecule has 0 aliphatic rings. The highest BCUT2D eigenvalue weighted by Gasteiger charge is 2.17. The lowest BCUT2D eigenvalue weighted by Gasteiger charge is -2.22. The molecule has 0 saturated carbocycles. The molecular weight excluding hydrogens is 312 g/mol. The zero-order valence-corrected chi connectivity index (χ0v) is 15.1. The fourth-order valence-electron chi connectivity index (χ4n) is 2.47. The highest BCUT2D eigenvalue weighted by Crippen LogP contribution is 2.29. The smallest absolute Gasteiger partial charge is 0.248 e. The average molecular weight is 336 g/mol. The Labute approximate surface area is 149 Å². The molecule has 0 aromatic heterocycles. The van der Waals surface area contributed by atoms with Gasteiger partial charge in [-0.1, -0.05) is 51.1 Å². The van der Waals surface area contributed by atoms with Gasteiger partial charge < -0.3 is 10.6 Å². The molecule has 0 aliphatic heterocycles. The van der Waals surface area contributed by atoms with Crippen molar-refractivity contribution in [2.24, 2.45) is 0 Å². The summed E-state index contributed by atoms with van der Waals surface area (Å²) in [5.41, 5.74) is 3.48. The van der Waals surface area contributed by atoms with E-state index in [0.717, 1.165) is 22.5 Å². The summed E-state index contributed by atoms with van der Waals surface area (Å²) in [5.74, 6) is -0.289. The van der Waals surface area contributed by atoms with Gasteiger partial charge in [-0.25, -0.2) is 0 Å². The van der Waals surface area contributed by atoms with Gasteiger partial charge in [-0.2, -0.15) is 0 Å². The Kier molecular flexibility index (Phi) is 5.75. The highest BCUT2D eigenvalue weighted by molar-refractivity contribution is 6.02. The first-order chi connectivity index (χ1) is 11.8. The molecule has 4 heteroatoms. The van der Waals surface area contributed by atoms with Crippen LogP contribution in [0.15, 0.2) is 54.6 Å². The van der Waals surface area contributed by atoms with E-state index in [0.29, 0.717) is 0 Å². The van der Waals surface area contributed by atoms with Gasteiger partial charge in [-0.3, -0.25) is 9.59 Å². The topological polar surface area (TPSA) is 58.2 Å². The first-order valence-corrected chi connectivity index (χ1v) is 8.22. The van der Waals surface area contributed by atoms with Gasteiger partial charge in [0.2, 0.25) is 11.8 Å². The number of anilines is 2. The van der Waals surface area contributed by atoms with Gasteiger partial charge in [-0.05, 0) is 40.8 Å². The standard InChI is InChI=1S/C21H24N2O2/c1-15(24)22-17-12-9-16(10-13-17)11-14-20(25)23-19-8-6-5-7-18(19)21(2,3)4/h5-14H,1-4H3,(H,22,24)(H,23,25)/b14-11+. The van der Waals surface area contributed by atoms with Crippen LogP contribution in [0.25, 0.3) is 6.08 Å². The minimum atomic E-state index is -0.178. The van der Waals surface area contributed by atoms with Crippen molar-refractivity contribution < 1.29 is 9.59 Å². The first kappa shape index (κ1) is 18.5. The molecule has 25 heavy (non-hydrogen) atoms. The van der Waals surface area contributed by atoms with E-state index < -0.39 is 0 Å². The summed E-state index contributed by atoms with van der Waals surface area (Å²) in [4.78, 5) is 23.2. The van der Waals surface area contributed by atoms with Crippen LogP contribution < -0.4 is 10.6 Å². The maximum Gasteiger partial charge on any atom is 0.248 e. The summed E-state index contributed by atoms with van der Waals surface area (Å²) in [5, 5.41) is 5.65. The van der Waals surface area contributed by atoms with Crippen LogP contribution in [0.1, 0.15) is 38.8 Å². The molecule has 2 rings (SSSR count). The van der Waals surface area contributed by atoms with Crippen LogP contribution in [-0.4, -0.2) is 11.8 Å². The molecule has 130 valence electrons. The zero-order chi connectivity index (χ0) is 18.4. The molecule has 2 aromatic carbocycles. The monoisotopic (exact) mass is 336 g/mol. The number of para-hydroxylation sites is 1. The highest BCUT2D eigenvalue weighted by atomic mass is 16.2. The van der Waals surface area contributed by atoms with Crippen LogP contribution in [0.5, 0.6) is 0 Å². The number of rotatable bonds is 4. The normalized spacial score (nSPS) is 11.4. The number of carbonyl (C=O) groups excluding carboxylic acids is 2. The van der Waals surface area contributed by atoms with Gasteiger partial charge >= 0.3 is 0 Å². The SMILES string of the molecule is CC(=O)Nc1ccc(/C=C/C(=O)Nc2ccccc2C(C)(C)C)cc1. The number of hydrogen-bond acceptors (Lipinski definition) is 2. The fourth-order valence-corrected chi connectivity index (χ4v) is 2.47. The molecule has 0 bridgehead atoms. The Morgan fingerprint density at radius 2 is 1.56 bits per heavy atom. The van der Waals surface area contributed by atoms with Crippen molar-refractivity contribution in [2.45, 2.75) is 33.1 Å². The fraction of sp³-hybridized carbons (Fsp3) is 0.238. The van der Waals surface area contributed by atoms with E-state index in [9.17, 15) is 9.59 Å². The van der Waals surface area contributed by atoms with Crippen LogP contribution in [0.2, 0.25) is 0 Å². The Morgan fingerprint density at radius 3 is 2.16 bits per heavy atom. The molecule has 2 aromatic rings. The predicted molar refractivity (Wildman–Crippen MR) is 104 cm³/mol. The average Bonchev–Trinajstić information content (AvgIpc) is 2.53. The van der Waals surface area contributed by atoms with Crippen molar-refractivity contribution in [3.63, 3.8) is 0 Å². The van der Waals surface area contributed by atoms with Crippen LogP contribution in [0.3, 0.4) is 0 Å². The second-order valence-electron chi connectivity index (χ2n) is 6.92. The van der Waals surface area contributed by atoms with Crippen LogP contribution in [0.4, 0.5) is 11.4 Å². The minimum absolute atomic E-state index is 0.0485. The molecule has 2 N–H and O–H groups in total. The van der Waals surface area contributed by atoms with E-state index in [1.165, 1.54) is 13.0 Å². The molecule has 0 spiro atoms. The van der Waals surface area contributed by atoms with Crippen LogP contribution in [-0.2, 0) is 15.0 Å². The van der Waals surface area contributed by atoms with E-state index in [1.807, 2.05) is 36.4 Å². The van der Waals surface area contributed by atoms with Crippen molar-refractivity contribution in [3.8, 4) is 0 Å². The van der Waals surface area contributed by atoms with Gasteiger partial charge in [0.25, 0.3) is 0 Å². The zero-order valence-electron chi connectivity index (χ0n) is 15.1. The molecule has 0 radical (unpaired) electrons. The quantitative estimate of drug-likeness (QED) is 0.802. The van der Waals surface area contributed by atoms with Crippen molar-refractivity contribution in [2.75, 3.05) is 10.6 Å². The second kappa shape index (κ2) is 7.79. The van der Waals surface area contributed by atoms with E-state index in [4.69, 9.17) is 0 Å². The summed E-state index contributed by atoms with van der Waals surface area (Å²) >= 11 is 0. The second-order valence-corrected chi connectivity index (χ2v) is 6.92. The van der Waals surface area contributed by atoms with Crippen molar-refractivity contribution in [3.05, 3.63) is 65.7 Å². The molecule has 2 amide bonds. The van der Waals surface area contributed by atoms with E-state index in [-0.39, 0.29) is 17.2 Å². The maximum atomic E-state index is 12.2. The first-order valence-electron chi connectivity index (χ1n) is 8.22. The van der Waals surface area contributed by atoms with E-state index >= 15 is 0 Å². The third-order valence-corrected chi connectivity index (χ3v) is 3.65.